The third-order valence-corrected chi connectivity index (χ3v) is 5.48. The van der Waals surface area contributed by atoms with E-state index in [0.717, 1.165) is 4.57 Å². The fraction of sp³-hybridized carbons (Fsp3) is 0.409. The maximum absolute atomic E-state index is 13.2. The summed E-state index contributed by atoms with van der Waals surface area (Å²) < 4.78 is 18.8. The molecular weight excluding hydrogens is 402 g/mol. The van der Waals surface area contributed by atoms with Crippen LogP contribution in [0.25, 0.3) is 0 Å². The summed E-state index contributed by atoms with van der Waals surface area (Å²) in [6.07, 6.45) is 0. The van der Waals surface area contributed by atoms with E-state index in [4.69, 9.17) is 14.2 Å². The van der Waals surface area contributed by atoms with Gasteiger partial charge in [-0.2, -0.15) is 0 Å². The van der Waals surface area contributed by atoms with Crippen molar-refractivity contribution in [1.82, 2.24) is 9.13 Å². The average molecular weight is 427 g/mol. The van der Waals surface area contributed by atoms with Crippen molar-refractivity contribution < 1.29 is 19.0 Å². The predicted molar refractivity (Wildman–Crippen MR) is 113 cm³/mol. The fourth-order valence-electron chi connectivity index (χ4n) is 3.90. The van der Waals surface area contributed by atoms with E-state index in [1.165, 1.54) is 11.6 Å². The topological polar surface area (TPSA) is 101 Å². The number of fused-ring (bicyclic) bond motifs is 2. The first kappa shape index (κ1) is 20.8. The third kappa shape index (κ3) is 3.39. The Morgan fingerprint density at radius 3 is 2.61 bits per heavy atom. The van der Waals surface area contributed by atoms with Crippen LogP contribution < -0.4 is 26.0 Å². The number of rotatable bonds is 4. The molecule has 1 aromatic carbocycles. The zero-order valence-electron chi connectivity index (χ0n) is 18.1. The van der Waals surface area contributed by atoms with E-state index in [0.29, 0.717) is 39.7 Å². The number of hydrogen-bond donors (Lipinski definition) is 1. The molecule has 31 heavy (non-hydrogen) atoms. The van der Waals surface area contributed by atoms with Crippen LogP contribution >= 0.6 is 0 Å². The molecule has 0 fully saturated rings. The van der Waals surface area contributed by atoms with E-state index in [-0.39, 0.29) is 19.3 Å². The van der Waals surface area contributed by atoms with Crippen molar-refractivity contribution in [2.24, 2.45) is 20.0 Å². The summed E-state index contributed by atoms with van der Waals surface area (Å²) in [4.78, 5) is 38.9. The molecule has 0 saturated heterocycles. The number of anilines is 1. The second-order valence-corrected chi connectivity index (χ2v) is 8.17. The van der Waals surface area contributed by atoms with Gasteiger partial charge in [-0.3, -0.25) is 13.9 Å². The molecule has 2 aliphatic rings. The Morgan fingerprint density at radius 2 is 1.90 bits per heavy atom. The van der Waals surface area contributed by atoms with Crippen LogP contribution in [-0.2, 0) is 23.6 Å². The average Bonchev–Trinajstić information content (AvgIpc) is 3.21. The highest BCUT2D eigenvalue weighted by atomic mass is 16.7. The Labute approximate surface area is 178 Å². The number of aromatic nitrogens is 2. The summed E-state index contributed by atoms with van der Waals surface area (Å²) in [5.74, 6) is 0.390. The maximum Gasteiger partial charge on any atom is 0.336 e. The molecule has 0 unspecified atom stereocenters. The Balaban J connectivity index is 1.95. The number of ether oxygens (including phenoxy) is 3. The lowest BCUT2D eigenvalue weighted by atomic mass is 9.82. The molecule has 2 aliphatic heterocycles. The van der Waals surface area contributed by atoms with E-state index in [2.05, 4.69) is 5.32 Å². The van der Waals surface area contributed by atoms with Crippen molar-refractivity contribution in [2.75, 3.05) is 18.7 Å². The molecule has 0 radical (unpaired) electrons. The smallest absolute Gasteiger partial charge is 0.336 e. The Bertz CT molecular complexity index is 1220. The molecule has 9 heteroatoms. The van der Waals surface area contributed by atoms with Gasteiger partial charge in [0.1, 0.15) is 5.82 Å². The van der Waals surface area contributed by atoms with Crippen LogP contribution in [0.4, 0.5) is 5.82 Å². The standard InChI is InChI=1S/C22H25N3O6/c1-11(2)9-29-21(27)16-12(3)23-19-18(20(26)25(5)22(28)24(19)4)17(16)13-6-7-14-15(8-13)31-10-30-14/h6-8,11,17,23H,9-10H2,1-5H3/t17-/m1/s1. The summed E-state index contributed by atoms with van der Waals surface area (Å²) in [5.41, 5.74) is 0.869. The Hall–Kier alpha value is -3.49. The molecule has 0 spiro atoms. The molecule has 9 nitrogen and oxygen atoms in total. The van der Waals surface area contributed by atoms with E-state index in [1.807, 2.05) is 13.8 Å². The van der Waals surface area contributed by atoms with Crippen molar-refractivity contribution in [1.29, 1.82) is 0 Å². The van der Waals surface area contributed by atoms with Crippen LogP contribution in [-0.4, -0.2) is 28.5 Å². The lowest BCUT2D eigenvalue weighted by Crippen LogP contribution is -2.43. The number of allylic oxidation sites excluding steroid dienone is 1. The molecule has 0 aliphatic carbocycles. The van der Waals surface area contributed by atoms with Crippen LogP contribution in [0.2, 0.25) is 0 Å². The number of hydrogen-bond acceptors (Lipinski definition) is 7. The number of nitrogens with one attached hydrogen (secondary N) is 1. The molecule has 1 atom stereocenters. The van der Waals surface area contributed by atoms with Crippen LogP contribution in [0, 0.1) is 5.92 Å². The predicted octanol–water partition coefficient (Wildman–Crippen LogP) is 1.84. The van der Waals surface area contributed by atoms with Crippen LogP contribution in [0.1, 0.15) is 37.8 Å². The molecule has 3 heterocycles. The van der Waals surface area contributed by atoms with Crippen molar-refractivity contribution in [2.45, 2.75) is 26.7 Å². The molecule has 0 amide bonds. The van der Waals surface area contributed by atoms with Gasteiger partial charge in [0.05, 0.1) is 23.7 Å². The number of carbonyl (C=O) groups excluding carboxylic acids is 1. The normalized spacial score (nSPS) is 16.9. The van der Waals surface area contributed by atoms with Gasteiger partial charge < -0.3 is 19.5 Å². The molecule has 1 aromatic heterocycles. The summed E-state index contributed by atoms with van der Waals surface area (Å²) in [7, 11) is 3.00. The van der Waals surface area contributed by atoms with Gasteiger partial charge in [0, 0.05) is 19.8 Å². The van der Waals surface area contributed by atoms with Crippen molar-refractivity contribution in [3.05, 3.63) is 61.4 Å². The van der Waals surface area contributed by atoms with Crippen molar-refractivity contribution in [3.8, 4) is 11.5 Å². The molecule has 164 valence electrons. The Morgan fingerprint density at radius 1 is 1.19 bits per heavy atom. The van der Waals surface area contributed by atoms with Gasteiger partial charge in [0.2, 0.25) is 6.79 Å². The van der Waals surface area contributed by atoms with Gasteiger partial charge in [-0.25, -0.2) is 9.59 Å². The molecular formula is C22H25N3O6. The van der Waals surface area contributed by atoms with Gasteiger partial charge in [0.25, 0.3) is 5.56 Å². The minimum Gasteiger partial charge on any atom is -0.462 e. The van der Waals surface area contributed by atoms with Gasteiger partial charge >= 0.3 is 11.7 Å². The van der Waals surface area contributed by atoms with E-state index in [1.54, 1.807) is 32.2 Å². The maximum atomic E-state index is 13.2. The highest BCUT2D eigenvalue weighted by Gasteiger charge is 2.38. The number of nitrogens with zero attached hydrogens (tertiary/aromatic N) is 2. The largest absolute Gasteiger partial charge is 0.462 e. The third-order valence-electron chi connectivity index (χ3n) is 5.48. The number of carbonyl (C=O) groups is 1. The summed E-state index contributed by atoms with van der Waals surface area (Å²) in [6, 6.07) is 5.30. The lowest BCUT2D eigenvalue weighted by Gasteiger charge is -2.31. The lowest BCUT2D eigenvalue weighted by molar-refractivity contribution is -0.140. The van der Waals surface area contributed by atoms with Gasteiger partial charge in [-0.1, -0.05) is 19.9 Å². The molecule has 0 saturated carbocycles. The second-order valence-electron chi connectivity index (χ2n) is 8.17. The minimum absolute atomic E-state index is 0.107. The first-order chi connectivity index (χ1) is 14.7. The zero-order chi connectivity index (χ0) is 22.4. The molecule has 2 aromatic rings. The van der Waals surface area contributed by atoms with Gasteiger partial charge in [-0.05, 0) is 30.5 Å². The molecule has 4 rings (SSSR count). The number of esters is 1. The van der Waals surface area contributed by atoms with Gasteiger partial charge in [-0.15, -0.1) is 0 Å². The highest BCUT2D eigenvalue weighted by molar-refractivity contribution is 5.94. The quantitative estimate of drug-likeness (QED) is 0.743. The highest BCUT2D eigenvalue weighted by Crippen LogP contribution is 2.43. The van der Waals surface area contributed by atoms with Crippen molar-refractivity contribution in [3.63, 3.8) is 0 Å². The molecule has 1 N–H and O–H groups in total. The fourth-order valence-corrected chi connectivity index (χ4v) is 3.90. The second kappa shape index (κ2) is 7.64. The summed E-state index contributed by atoms with van der Waals surface area (Å²) in [5, 5.41) is 3.08. The zero-order valence-corrected chi connectivity index (χ0v) is 18.1. The monoisotopic (exact) mass is 427 g/mol. The van der Waals surface area contributed by atoms with Crippen LogP contribution in [0.15, 0.2) is 39.1 Å². The molecule has 0 bridgehead atoms. The SMILES string of the molecule is CC1=C(C(=O)OCC(C)C)[C@@H](c2ccc3c(c2)OCO3)c2c(n(C)c(=O)n(C)c2=O)N1. The van der Waals surface area contributed by atoms with E-state index >= 15 is 0 Å². The summed E-state index contributed by atoms with van der Waals surface area (Å²) in [6.45, 7) is 5.99. The Kier molecular flexibility index (Phi) is 5.12. The van der Waals surface area contributed by atoms with E-state index < -0.39 is 23.1 Å². The summed E-state index contributed by atoms with van der Waals surface area (Å²) >= 11 is 0. The first-order valence-electron chi connectivity index (χ1n) is 10.0. The first-order valence-corrected chi connectivity index (χ1v) is 10.0. The van der Waals surface area contributed by atoms with Gasteiger partial charge in [0.15, 0.2) is 11.5 Å². The minimum atomic E-state index is -0.740. The van der Waals surface area contributed by atoms with Crippen LogP contribution in [0.3, 0.4) is 0 Å². The number of benzene rings is 1. The van der Waals surface area contributed by atoms with Crippen LogP contribution in [0.5, 0.6) is 11.5 Å². The van der Waals surface area contributed by atoms with E-state index in [9.17, 15) is 14.4 Å². The van der Waals surface area contributed by atoms with Crippen molar-refractivity contribution >= 4 is 11.8 Å².